The maximum Gasteiger partial charge on any atom is 0.335 e. The molecule has 1 rings (SSSR count). The number of alkyl halides is 2. The molecule has 0 radical (unpaired) electrons. The van der Waals surface area contributed by atoms with Crippen molar-refractivity contribution in [2.45, 2.75) is 13.3 Å². The Hall–Kier alpha value is -2.22. The second kappa shape index (κ2) is 7.53. The third kappa shape index (κ3) is 4.99. The summed E-state index contributed by atoms with van der Waals surface area (Å²) in [4.78, 5) is 23.4. The molecule has 0 atom stereocenters. The highest BCUT2D eigenvalue weighted by molar-refractivity contribution is 5.92. The number of hydrogen-bond acceptors (Lipinski definition) is 3. The smallest absolute Gasteiger partial charge is 0.335 e. The van der Waals surface area contributed by atoms with Gasteiger partial charge in [-0.1, -0.05) is 0 Å². The summed E-state index contributed by atoms with van der Waals surface area (Å²) in [6, 6.07) is 3.27. The van der Waals surface area contributed by atoms with Crippen molar-refractivity contribution in [1.29, 1.82) is 0 Å². The second-order valence-corrected chi connectivity index (χ2v) is 4.33. The minimum Gasteiger partial charge on any atom is -0.478 e. The van der Waals surface area contributed by atoms with Gasteiger partial charge in [0.15, 0.2) is 0 Å². The first kappa shape index (κ1) is 16.8. The van der Waals surface area contributed by atoms with Crippen molar-refractivity contribution in [2.75, 3.05) is 25.0 Å². The fourth-order valence-corrected chi connectivity index (χ4v) is 1.69. The maximum atomic E-state index is 12.4. The standard InChI is InChI=1S/C13H16F2N2O4/c1-8-6-9(12(19)20)2-3-10(8)16-13(21)17(4-5-18)7-11(14)15/h2-3,6,11,18H,4-5,7H2,1H3,(H,16,21)(H,19,20). The summed E-state index contributed by atoms with van der Waals surface area (Å²) in [7, 11) is 0. The number of hydrogen-bond donors (Lipinski definition) is 3. The lowest BCUT2D eigenvalue weighted by molar-refractivity contribution is 0.0696. The highest BCUT2D eigenvalue weighted by Crippen LogP contribution is 2.17. The number of nitrogens with zero attached hydrogens (tertiary/aromatic N) is 1. The second-order valence-electron chi connectivity index (χ2n) is 4.33. The summed E-state index contributed by atoms with van der Waals surface area (Å²) in [5.74, 6) is -1.10. The van der Waals surface area contributed by atoms with Crippen LogP contribution < -0.4 is 5.32 Å². The van der Waals surface area contributed by atoms with Gasteiger partial charge in [0, 0.05) is 12.2 Å². The molecular formula is C13H16F2N2O4. The van der Waals surface area contributed by atoms with Crippen LogP contribution in [-0.2, 0) is 0 Å². The highest BCUT2D eigenvalue weighted by Gasteiger charge is 2.18. The Balaban J connectivity index is 2.83. The van der Waals surface area contributed by atoms with Crippen LogP contribution in [0.2, 0.25) is 0 Å². The number of carboxylic acids is 1. The number of halogens is 2. The van der Waals surface area contributed by atoms with Gasteiger partial charge in [-0.3, -0.25) is 0 Å². The van der Waals surface area contributed by atoms with Crippen LogP contribution in [-0.4, -0.2) is 53.2 Å². The van der Waals surface area contributed by atoms with Gasteiger partial charge in [-0.05, 0) is 30.7 Å². The van der Waals surface area contributed by atoms with E-state index in [1.165, 1.54) is 18.2 Å². The van der Waals surface area contributed by atoms with Gasteiger partial charge in [-0.25, -0.2) is 18.4 Å². The molecular weight excluding hydrogens is 286 g/mol. The molecule has 116 valence electrons. The molecule has 21 heavy (non-hydrogen) atoms. The molecule has 0 spiro atoms. The predicted molar refractivity (Wildman–Crippen MR) is 71.8 cm³/mol. The molecule has 0 aliphatic heterocycles. The largest absolute Gasteiger partial charge is 0.478 e. The number of nitrogens with one attached hydrogen (secondary N) is 1. The van der Waals surface area contributed by atoms with E-state index >= 15 is 0 Å². The number of rotatable bonds is 6. The summed E-state index contributed by atoms with van der Waals surface area (Å²) in [6.45, 7) is 0.143. The first-order valence-corrected chi connectivity index (χ1v) is 6.14. The Morgan fingerprint density at radius 1 is 1.38 bits per heavy atom. The van der Waals surface area contributed by atoms with Crippen LogP contribution in [0.3, 0.4) is 0 Å². The van der Waals surface area contributed by atoms with Crippen molar-refractivity contribution >= 4 is 17.7 Å². The number of benzene rings is 1. The Morgan fingerprint density at radius 3 is 2.52 bits per heavy atom. The van der Waals surface area contributed by atoms with E-state index in [1.54, 1.807) is 6.92 Å². The molecule has 1 aromatic carbocycles. The molecule has 0 saturated heterocycles. The number of aryl methyl sites for hydroxylation is 1. The molecule has 8 heteroatoms. The lowest BCUT2D eigenvalue weighted by Crippen LogP contribution is -2.40. The van der Waals surface area contributed by atoms with Gasteiger partial charge in [0.05, 0.1) is 18.7 Å². The summed E-state index contributed by atoms with van der Waals surface area (Å²) < 4.78 is 24.7. The molecule has 0 unspecified atom stereocenters. The van der Waals surface area contributed by atoms with Crippen molar-refractivity contribution in [3.63, 3.8) is 0 Å². The molecule has 3 N–H and O–H groups in total. The number of anilines is 1. The third-order valence-corrected chi connectivity index (χ3v) is 2.73. The monoisotopic (exact) mass is 302 g/mol. The maximum absolute atomic E-state index is 12.4. The van der Waals surface area contributed by atoms with Gasteiger partial charge in [0.1, 0.15) is 0 Å². The lowest BCUT2D eigenvalue weighted by Gasteiger charge is -2.22. The van der Waals surface area contributed by atoms with E-state index in [0.717, 1.165) is 4.90 Å². The Bertz CT molecular complexity index is 523. The zero-order chi connectivity index (χ0) is 16.0. The van der Waals surface area contributed by atoms with E-state index in [-0.39, 0.29) is 12.1 Å². The molecule has 6 nitrogen and oxygen atoms in total. The third-order valence-electron chi connectivity index (χ3n) is 2.73. The average molecular weight is 302 g/mol. The number of aromatic carboxylic acids is 1. The molecule has 0 heterocycles. The van der Waals surface area contributed by atoms with Crippen LogP contribution in [0.15, 0.2) is 18.2 Å². The van der Waals surface area contributed by atoms with Gasteiger partial charge in [-0.15, -0.1) is 0 Å². The summed E-state index contributed by atoms with van der Waals surface area (Å²) in [5.41, 5.74) is 0.872. The summed E-state index contributed by atoms with van der Waals surface area (Å²) in [6.07, 6.45) is -2.71. The first-order valence-electron chi connectivity index (χ1n) is 6.14. The van der Waals surface area contributed by atoms with Crippen molar-refractivity contribution < 1.29 is 28.6 Å². The van der Waals surface area contributed by atoms with Crippen LogP contribution in [0.1, 0.15) is 15.9 Å². The first-order chi connectivity index (χ1) is 9.85. The zero-order valence-corrected chi connectivity index (χ0v) is 11.3. The molecule has 0 aromatic heterocycles. The van der Waals surface area contributed by atoms with E-state index in [0.29, 0.717) is 11.3 Å². The molecule has 0 aliphatic rings. The minimum atomic E-state index is -2.71. The minimum absolute atomic E-state index is 0.0605. The van der Waals surface area contributed by atoms with E-state index in [1.807, 2.05) is 0 Å². The lowest BCUT2D eigenvalue weighted by atomic mass is 10.1. The van der Waals surface area contributed by atoms with E-state index in [9.17, 15) is 18.4 Å². The molecule has 0 saturated carbocycles. The Kier molecular flexibility index (Phi) is 6.04. The van der Waals surface area contributed by atoms with E-state index in [2.05, 4.69) is 5.32 Å². The van der Waals surface area contributed by atoms with Crippen LogP contribution in [0.5, 0.6) is 0 Å². The fraction of sp³-hybridized carbons (Fsp3) is 0.385. The summed E-state index contributed by atoms with van der Waals surface area (Å²) in [5, 5.41) is 20.0. The average Bonchev–Trinajstić information content (AvgIpc) is 2.39. The van der Waals surface area contributed by atoms with Gasteiger partial charge in [0.2, 0.25) is 0 Å². The SMILES string of the molecule is Cc1cc(C(=O)O)ccc1NC(=O)N(CCO)CC(F)F. The van der Waals surface area contributed by atoms with E-state index in [4.69, 9.17) is 10.2 Å². The quantitative estimate of drug-likeness (QED) is 0.747. The van der Waals surface area contributed by atoms with Gasteiger partial charge >= 0.3 is 12.0 Å². The zero-order valence-electron chi connectivity index (χ0n) is 11.3. The van der Waals surface area contributed by atoms with Gasteiger partial charge < -0.3 is 20.4 Å². The number of amides is 2. The normalized spacial score (nSPS) is 10.5. The van der Waals surface area contributed by atoms with Crippen molar-refractivity contribution in [3.8, 4) is 0 Å². The number of urea groups is 1. The molecule has 2 amide bonds. The fourth-order valence-electron chi connectivity index (χ4n) is 1.69. The van der Waals surface area contributed by atoms with Crippen molar-refractivity contribution in [2.24, 2.45) is 0 Å². The van der Waals surface area contributed by atoms with Crippen LogP contribution >= 0.6 is 0 Å². The Morgan fingerprint density at radius 2 is 2.05 bits per heavy atom. The number of carbonyl (C=O) groups is 2. The van der Waals surface area contributed by atoms with E-state index < -0.39 is 31.6 Å². The van der Waals surface area contributed by atoms with Crippen molar-refractivity contribution in [3.05, 3.63) is 29.3 Å². The molecule has 0 fully saturated rings. The number of aliphatic hydroxyl groups excluding tert-OH is 1. The number of carboxylic acid groups (broad SMARTS) is 1. The van der Waals surface area contributed by atoms with Crippen LogP contribution in [0.25, 0.3) is 0 Å². The van der Waals surface area contributed by atoms with Crippen molar-refractivity contribution in [1.82, 2.24) is 4.90 Å². The van der Waals surface area contributed by atoms with Crippen LogP contribution in [0.4, 0.5) is 19.3 Å². The number of aliphatic hydroxyl groups is 1. The van der Waals surface area contributed by atoms with Gasteiger partial charge in [0.25, 0.3) is 6.43 Å². The molecule has 1 aromatic rings. The van der Waals surface area contributed by atoms with Gasteiger partial charge in [-0.2, -0.15) is 0 Å². The molecule has 0 bridgehead atoms. The molecule has 0 aliphatic carbocycles. The predicted octanol–water partition coefficient (Wildman–Crippen LogP) is 1.78. The highest BCUT2D eigenvalue weighted by atomic mass is 19.3. The summed E-state index contributed by atoms with van der Waals surface area (Å²) >= 11 is 0. The van der Waals surface area contributed by atoms with Crippen LogP contribution in [0, 0.1) is 6.92 Å². The number of carbonyl (C=O) groups excluding carboxylic acids is 1. The Labute approximate surface area is 120 Å². The topological polar surface area (TPSA) is 89.9 Å².